The van der Waals surface area contributed by atoms with Crippen LogP contribution in [-0.2, 0) is 16.0 Å². The fraction of sp³-hybridized carbons (Fsp3) is 0.429. The molecule has 0 aliphatic carbocycles. The van der Waals surface area contributed by atoms with E-state index in [2.05, 4.69) is 10.6 Å². The van der Waals surface area contributed by atoms with Crippen LogP contribution in [0.3, 0.4) is 0 Å². The highest BCUT2D eigenvalue weighted by atomic mass is 16.3. The second-order valence-electron chi connectivity index (χ2n) is 4.42. The highest BCUT2D eigenvalue weighted by Gasteiger charge is 2.05. The number of rotatable bonds is 7. The number of hydrogen-bond acceptors (Lipinski definition) is 3. The van der Waals surface area contributed by atoms with E-state index in [0.717, 1.165) is 5.56 Å². The third kappa shape index (κ3) is 7.21. The van der Waals surface area contributed by atoms with Crippen molar-refractivity contribution in [3.8, 4) is 0 Å². The zero-order chi connectivity index (χ0) is 14.1. The van der Waals surface area contributed by atoms with Gasteiger partial charge in [-0.1, -0.05) is 30.3 Å². The molecular weight excluding hydrogens is 244 g/mol. The van der Waals surface area contributed by atoms with Crippen molar-refractivity contribution >= 4 is 11.8 Å². The minimum absolute atomic E-state index is 0.102. The third-order valence-corrected chi connectivity index (χ3v) is 2.48. The topological polar surface area (TPSA) is 78.4 Å². The first kappa shape index (κ1) is 15.2. The van der Waals surface area contributed by atoms with Gasteiger partial charge >= 0.3 is 0 Å². The Morgan fingerprint density at radius 3 is 2.47 bits per heavy atom. The van der Waals surface area contributed by atoms with E-state index in [4.69, 9.17) is 5.11 Å². The Balaban J connectivity index is 2.15. The molecule has 0 fully saturated rings. The summed E-state index contributed by atoms with van der Waals surface area (Å²) in [4.78, 5) is 22.9. The summed E-state index contributed by atoms with van der Waals surface area (Å²) in [6.45, 7) is 2.13. The Morgan fingerprint density at radius 1 is 1.16 bits per heavy atom. The van der Waals surface area contributed by atoms with Crippen molar-refractivity contribution in [3.63, 3.8) is 0 Å². The molecular formula is C14H20N2O3. The first-order valence-electron chi connectivity index (χ1n) is 6.33. The summed E-state index contributed by atoms with van der Waals surface area (Å²) in [7, 11) is 0. The van der Waals surface area contributed by atoms with Crippen LogP contribution in [0.5, 0.6) is 0 Å². The maximum absolute atomic E-state index is 11.6. The Morgan fingerprint density at radius 2 is 1.84 bits per heavy atom. The number of amides is 2. The van der Waals surface area contributed by atoms with Crippen molar-refractivity contribution in [2.45, 2.75) is 25.9 Å². The number of carbonyl (C=O) groups excluding carboxylic acids is 2. The van der Waals surface area contributed by atoms with Gasteiger partial charge in [-0.15, -0.1) is 0 Å². The van der Waals surface area contributed by atoms with Gasteiger partial charge < -0.3 is 15.7 Å². The summed E-state index contributed by atoms with van der Waals surface area (Å²) in [5.41, 5.74) is 0.943. The van der Waals surface area contributed by atoms with Gasteiger partial charge in [0.2, 0.25) is 11.8 Å². The summed E-state index contributed by atoms with van der Waals surface area (Å²) < 4.78 is 0. The summed E-state index contributed by atoms with van der Waals surface area (Å²) >= 11 is 0. The molecule has 0 bridgehead atoms. The van der Waals surface area contributed by atoms with Crippen molar-refractivity contribution in [3.05, 3.63) is 35.9 Å². The minimum Gasteiger partial charge on any atom is -0.392 e. The summed E-state index contributed by atoms with van der Waals surface area (Å²) in [5.74, 6) is -0.282. The van der Waals surface area contributed by atoms with E-state index in [1.54, 1.807) is 6.92 Å². The van der Waals surface area contributed by atoms with Crippen molar-refractivity contribution in [2.24, 2.45) is 0 Å². The lowest BCUT2D eigenvalue weighted by Gasteiger charge is -2.08. The quantitative estimate of drug-likeness (QED) is 0.660. The Labute approximate surface area is 113 Å². The average Bonchev–Trinajstić information content (AvgIpc) is 2.37. The van der Waals surface area contributed by atoms with Gasteiger partial charge in [-0.3, -0.25) is 9.59 Å². The fourth-order valence-corrected chi connectivity index (χ4v) is 1.51. The van der Waals surface area contributed by atoms with E-state index in [0.29, 0.717) is 13.0 Å². The van der Waals surface area contributed by atoms with Gasteiger partial charge in [-0.05, 0) is 12.5 Å². The molecule has 2 amide bonds. The Bertz CT molecular complexity index is 404. The standard InChI is InChI=1S/C14H20N2O3/c1-11(17)10-16-13(18)7-8-15-14(19)9-12-5-3-2-4-6-12/h2-6,11,17H,7-10H2,1H3,(H,15,19)(H,16,18). The van der Waals surface area contributed by atoms with Gasteiger partial charge in [0.15, 0.2) is 0 Å². The molecule has 1 rings (SSSR count). The SMILES string of the molecule is CC(O)CNC(=O)CCNC(=O)Cc1ccccc1. The number of carbonyl (C=O) groups is 2. The van der Waals surface area contributed by atoms with Crippen LogP contribution >= 0.6 is 0 Å². The molecule has 0 aliphatic rings. The monoisotopic (exact) mass is 264 g/mol. The van der Waals surface area contributed by atoms with Crippen LogP contribution in [-0.4, -0.2) is 36.1 Å². The average molecular weight is 264 g/mol. The van der Waals surface area contributed by atoms with E-state index in [-0.39, 0.29) is 24.8 Å². The molecule has 0 aliphatic heterocycles. The van der Waals surface area contributed by atoms with Crippen molar-refractivity contribution in [1.82, 2.24) is 10.6 Å². The molecule has 0 radical (unpaired) electrons. The number of aliphatic hydroxyl groups excluding tert-OH is 1. The lowest BCUT2D eigenvalue weighted by molar-refractivity contribution is -0.122. The summed E-state index contributed by atoms with van der Waals surface area (Å²) in [6.07, 6.45) is -0.0275. The van der Waals surface area contributed by atoms with Crippen molar-refractivity contribution in [2.75, 3.05) is 13.1 Å². The molecule has 0 spiro atoms. The number of hydrogen-bond donors (Lipinski definition) is 3. The van der Waals surface area contributed by atoms with Crippen LogP contribution < -0.4 is 10.6 Å². The number of aliphatic hydroxyl groups is 1. The highest BCUT2D eigenvalue weighted by molar-refractivity contribution is 5.80. The van der Waals surface area contributed by atoms with Gasteiger partial charge in [0.1, 0.15) is 0 Å². The van der Waals surface area contributed by atoms with Gasteiger partial charge in [0.25, 0.3) is 0 Å². The van der Waals surface area contributed by atoms with Crippen LogP contribution in [0.2, 0.25) is 0 Å². The summed E-state index contributed by atoms with van der Waals surface area (Å²) in [5, 5.41) is 14.2. The lowest BCUT2D eigenvalue weighted by atomic mass is 10.1. The first-order valence-corrected chi connectivity index (χ1v) is 6.33. The second kappa shape index (κ2) is 8.26. The van der Waals surface area contributed by atoms with Crippen molar-refractivity contribution in [1.29, 1.82) is 0 Å². The van der Waals surface area contributed by atoms with Gasteiger partial charge in [0.05, 0.1) is 12.5 Å². The molecule has 5 heteroatoms. The lowest BCUT2D eigenvalue weighted by Crippen LogP contribution is -2.34. The fourth-order valence-electron chi connectivity index (χ4n) is 1.51. The molecule has 0 saturated heterocycles. The van der Waals surface area contributed by atoms with Gasteiger partial charge in [0, 0.05) is 19.5 Å². The normalized spacial score (nSPS) is 11.7. The molecule has 1 unspecified atom stereocenters. The smallest absolute Gasteiger partial charge is 0.224 e. The molecule has 19 heavy (non-hydrogen) atoms. The largest absolute Gasteiger partial charge is 0.392 e. The van der Waals surface area contributed by atoms with E-state index in [9.17, 15) is 9.59 Å². The molecule has 0 aromatic heterocycles. The van der Waals surface area contributed by atoms with E-state index in [1.807, 2.05) is 30.3 Å². The summed E-state index contributed by atoms with van der Waals surface area (Å²) in [6, 6.07) is 9.43. The molecule has 0 saturated carbocycles. The molecule has 0 heterocycles. The molecule has 1 atom stereocenters. The maximum atomic E-state index is 11.6. The Kier molecular flexibility index (Phi) is 6.60. The van der Waals surface area contributed by atoms with E-state index >= 15 is 0 Å². The predicted molar refractivity (Wildman–Crippen MR) is 72.5 cm³/mol. The second-order valence-corrected chi connectivity index (χ2v) is 4.42. The van der Waals surface area contributed by atoms with Crippen LogP contribution in [0, 0.1) is 0 Å². The number of nitrogens with one attached hydrogen (secondary N) is 2. The maximum Gasteiger partial charge on any atom is 0.224 e. The molecule has 104 valence electrons. The predicted octanol–water partition coefficient (Wildman–Crippen LogP) is 0.232. The molecule has 3 N–H and O–H groups in total. The zero-order valence-electron chi connectivity index (χ0n) is 11.1. The van der Waals surface area contributed by atoms with Crippen LogP contribution in [0.1, 0.15) is 18.9 Å². The number of benzene rings is 1. The first-order chi connectivity index (χ1) is 9.08. The van der Waals surface area contributed by atoms with Crippen LogP contribution in [0.25, 0.3) is 0 Å². The Hall–Kier alpha value is -1.88. The van der Waals surface area contributed by atoms with Crippen molar-refractivity contribution < 1.29 is 14.7 Å². The highest BCUT2D eigenvalue weighted by Crippen LogP contribution is 1.98. The van der Waals surface area contributed by atoms with E-state index < -0.39 is 6.10 Å². The zero-order valence-corrected chi connectivity index (χ0v) is 11.1. The van der Waals surface area contributed by atoms with Gasteiger partial charge in [-0.2, -0.15) is 0 Å². The minimum atomic E-state index is -0.559. The van der Waals surface area contributed by atoms with Crippen LogP contribution in [0.4, 0.5) is 0 Å². The molecule has 1 aromatic rings. The third-order valence-electron chi connectivity index (χ3n) is 2.48. The molecule has 5 nitrogen and oxygen atoms in total. The van der Waals surface area contributed by atoms with Gasteiger partial charge in [-0.25, -0.2) is 0 Å². The van der Waals surface area contributed by atoms with Crippen LogP contribution in [0.15, 0.2) is 30.3 Å². The molecule has 1 aromatic carbocycles. The van der Waals surface area contributed by atoms with E-state index in [1.165, 1.54) is 0 Å².